The molecule has 132 valence electrons. The number of anilines is 1. The van der Waals surface area contributed by atoms with Crippen LogP contribution in [0.3, 0.4) is 0 Å². The first-order chi connectivity index (χ1) is 12.7. The molecule has 1 unspecified atom stereocenters. The molecule has 0 saturated carbocycles. The Morgan fingerprint density at radius 2 is 1.92 bits per heavy atom. The Hall–Kier alpha value is -3.26. The molecule has 0 radical (unpaired) electrons. The highest BCUT2D eigenvalue weighted by molar-refractivity contribution is 6.00. The van der Waals surface area contributed by atoms with Gasteiger partial charge in [-0.3, -0.25) is 9.59 Å². The predicted molar refractivity (Wildman–Crippen MR) is 99.8 cm³/mol. The van der Waals surface area contributed by atoms with E-state index in [0.717, 1.165) is 17.0 Å². The van der Waals surface area contributed by atoms with E-state index < -0.39 is 0 Å². The fraction of sp³-hybridized carbons (Fsp3) is 0.238. The Balaban J connectivity index is 1.54. The Kier molecular flexibility index (Phi) is 5.55. The zero-order valence-electron chi connectivity index (χ0n) is 14.6. The fourth-order valence-corrected chi connectivity index (χ4v) is 2.84. The maximum absolute atomic E-state index is 12.3. The molecule has 1 atom stereocenters. The summed E-state index contributed by atoms with van der Waals surface area (Å²) >= 11 is 0. The van der Waals surface area contributed by atoms with E-state index in [2.05, 4.69) is 17.2 Å². The van der Waals surface area contributed by atoms with Crippen LogP contribution in [0.25, 0.3) is 0 Å². The van der Waals surface area contributed by atoms with Crippen LogP contribution in [0.15, 0.2) is 54.6 Å². The molecule has 2 aromatic rings. The van der Waals surface area contributed by atoms with Gasteiger partial charge >= 0.3 is 0 Å². The maximum Gasteiger partial charge on any atom is 0.227 e. The van der Waals surface area contributed by atoms with E-state index in [0.29, 0.717) is 6.54 Å². The van der Waals surface area contributed by atoms with Crippen molar-refractivity contribution in [3.05, 3.63) is 60.2 Å². The summed E-state index contributed by atoms with van der Waals surface area (Å²) in [7, 11) is 1.59. The molecule has 1 fully saturated rings. The number of carbonyl (C=O) groups excluding carboxylic acids is 2. The van der Waals surface area contributed by atoms with E-state index in [-0.39, 0.29) is 30.7 Å². The molecule has 0 bridgehead atoms. The van der Waals surface area contributed by atoms with Crippen LogP contribution in [-0.2, 0) is 9.59 Å². The number of hydrogen-bond acceptors (Lipinski definition) is 3. The van der Waals surface area contributed by atoms with Gasteiger partial charge in [-0.05, 0) is 36.4 Å². The molecule has 1 heterocycles. The molecule has 0 aromatic heterocycles. The number of nitrogens with one attached hydrogen (secondary N) is 1. The van der Waals surface area contributed by atoms with Gasteiger partial charge in [0.05, 0.1) is 19.6 Å². The summed E-state index contributed by atoms with van der Waals surface area (Å²) in [5, 5.41) is 2.79. The van der Waals surface area contributed by atoms with Gasteiger partial charge in [0.2, 0.25) is 11.8 Å². The zero-order valence-corrected chi connectivity index (χ0v) is 14.6. The minimum atomic E-state index is -0.358. The van der Waals surface area contributed by atoms with Gasteiger partial charge in [0.15, 0.2) is 0 Å². The molecule has 5 heteroatoms. The lowest BCUT2D eigenvalue weighted by Gasteiger charge is -2.16. The summed E-state index contributed by atoms with van der Waals surface area (Å²) in [5.41, 5.74) is 1.68. The molecule has 26 heavy (non-hydrogen) atoms. The van der Waals surface area contributed by atoms with Crippen molar-refractivity contribution in [2.24, 2.45) is 5.92 Å². The van der Waals surface area contributed by atoms with Crippen molar-refractivity contribution in [3.8, 4) is 17.6 Å². The van der Waals surface area contributed by atoms with Crippen molar-refractivity contribution in [3.63, 3.8) is 0 Å². The summed E-state index contributed by atoms with van der Waals surface area (Å²) in [6.45, 7) is 0.643. The first-order valence-electron chi connectivity index (χ1n) is 8.43. The van der Waals surface area contributed by atoms with Crippen molar-refractivity contribution >= 4 is 17.5 Å². The van der Waals surface area contributed by atoms with Crippen LogP contribution in [0.2, 0.25) is 0 Å². The second kappa shape index (κ2) is 8.21. The maximum atomic E-state index is 12.3. The molecule has 3 rings (SSSR count). The van der Waals surface area contributed by atoms with Crippen molar-refractivity contribution in [1.29, 1.82) is 0 Å². The van der Waals surface area contributed by atoms with Gasteiger partial charge in [-0.1, -0.05) is 30.0 Å². The number of hydrogen-bond donors (Lipinski definition) is 1. The summed E-state index contributed by atoms with van der Waals surface area (Å²) in [4.78, 5) is 26.2. The third-order valence-electron chi connectivity index (χ3n) is 4.24. The number of methoxy groups -OCH3 is 1. The monoisotopic (exact) mass is 348 g/mol. The SMILES string of the molecule is COc1ccc(N2CC(C(=O)NCC#Cc3ccccc3)CC2=O)cc1. The molecule has 2 aromatic carbocycles. The highest BCUT2D eigenvalue weighted by atomic mass is 16.5. The third kappa shape index (κ3) is 4.22. The van der Waals surface area contributed by atoms with Crippen LogP contribution in [-0.4, -0.2) is 32.0 Å². The summed E-state index contributed by atoms with van der Waals surface area (Å²) in [6.07, 6.45) is 0.212. The first-order valence-corrected chi connectivity index (χ1v) is 8.43. The van der Waals surface area contributed by atoms with Crippen molar-refractivity contribution in [2.75, 3.05) is 25.1 Å². The Morgan fingerprint density at radius 1 is 1.19 bits per heavy atom. The van der Waals surface area contributed by atoms with Crippen LogP contribution in [0, 0.1) is 17.8 Å². The largest absolute Gasteiger partial charge is 0.497 e. The van der Waals surface area contributed by atoms with Gasteiger partial charge in [0.1, 0.15) is 5.75 Å². The molecule has 1 aliphatic heterocycles. The molecule has 5 nitrogen and oxygen atoms in total. The van der Waals surface area contributed by atoms with Crippen LogP contribution in [0.4, 0.5) is 5.69 Å². The van der Waals surface area contributed by atoms with Gasteiger partial charge in [-0.2, -0.15) is 0 Å². The number of amides is 2. The Morgan fingerprint density at radius 3 is 2.62 bits per heavy atom. The highest BCUT2D eigenvalue weighted by Gasteiger charge is 2.34. The van der Waals surface area contributed by atoms with Gasteiger partial charge in [0, 0.05) is 24.2 Å². The molecule has 2 amide bonds. The van der Waals surface area contributed by atoms with Gasteiger partial charge < -0.3 is 15.0 Å². The van der Waals surface area contributed by atoms with E-state index in [4.69, 9.17) is 4.74 Å². The van der Waals surface area contributed by atoms with Crippen LogP contribution < -0.4 is 15.0 Å². The Labute approximate surface area is 153 Å². The van der Waals surface area contributed by atoms with Crippen LogP contribution in [0.5, 0.6) is 5.75 Å². The second-order valence-corrected chi connectivity index (χ2v) is 5.99. The third-order valence-corrected chi connectivity index (χ3v) is 4.24. The molecular formula is C21H20N2O3. The lowest BCUT2D eigenvalue weighted by molar-refractivity contribution is -0.126. The predicted octanol–water partition coefficient (Wildman–Crippen LogP) is 2.22. The minimum absolute atomic E-state index is 0.0503. The van der Waals surface area contributed by atoms with Crippen molar-refractivity contribution in [2.45, 2.75) is 6.42 Å². The minimum Gasteiger partial charge on any atom is -0.497 e. The first kappa shape index (κ1) is 17.6. The average molecular weight is 348 g/mol. The molecule has 1 aliphatic rings. The highest BCUT2D eigenvalue weighted by Crippen LogP contribution is 2.26. The van der Waals surface area contributed by atoms with Gasteiger partial charge in [-0.25, -0.2) is 0 Å². The van der Waals surface area contributed by atoms with E-state index in [9.17, 15) is 9.59 Å². The van der Waals surface area contributed by atoms with Crippen molar-refractivity contribution < 1.29 is 14.3 Å². The van der Waals surface area contributed by atoms with E-state index in [1.807, 2.05) is 42.5 Å². The summed E-state index contributed by atoms with van der Waals surface area (Å²) in [5.74, 6) is 6.10. The number of ether oxygens (including phenoxy) is 1. The standard InChI is InChI=1S/C21H20N2O3/c1-26-19-11-9-18(10-12-19)23-15-17(14-20(23)24)21(25)22-13-5-8-16-6-3-2-4-7-16/h2-4,6-7,9-12,17H,13-15H2,1H3,(H,22,25). The van der Waals surface area contributed by atoms with E-state index in [1.54, 1.807) is 24.1 Å². The molecular weight excluding hydrogens is 328 g/mol. The molecule has 1 saturated heterocycles. The van der Waals surface area contributed by atoms with Crippen LogP contribution >= 0.6 is 0 Å². The smallest absolute Gasteiger partial charge is 0.227 e. The number of rotatable bonds is 4. The molecule has 0 spiro atoms. The number of nitrogens with zero attached hydrogens (tertiary/aromatic N) is 1. The quantitative estimate of drug-likeness (QED) is 0.862. The summed E-state index contributed by atoms with van der Waals surface area (Å²) in [6, 6.07) is 16.8. The second-order valence-electron chi connectivity index (χ2n) is 5.99. The average Bonchev–Trinajstić information content (AvgIpc) is 3.08. The van der Waals surface area contributed by atoms with E-state index in [1.165, 1.54) is 0 Å². The topological polar surface area (TPSA) is 58.6 Å². The fourth-order valence-electron chi connectivity index (χ4n) is 2.84. The van der Waals surface area contributed by atoms with Gasteiger partial charge in [-0.15, -0.1) is 0 Å². The number of carbonyl (C=O) groups is 2. The van der Waals surface area contributed by atoms with Gasteiger partial charge in [0.25, 0.3) is 0 Å². The lowest BCUT2D eigenvalue weighted by Crippen LogP contribution is -2.33. The molecule has 0 aliphatic carbocycles. The van der Waals surface area contributed by atoms with E-state index >= 15 is 0 Å². The normalized spacial score (nSPS) is 16.0. The van der Waals surface area contributed by atoms with Crippen molar-refractivity contribution in [1.82, 2.24) is 5.32 Å². The summed E-state index contributed by atoms with van der Waals surface area (Å²) < 4.78 is 5.12. The lowest BCUT2D eigenvalue weighted by atomic mass is 10.1. The Bertz CT molecular complexity index is 835. The zero-order chi connectivity index (χ0) is 18.4. The number of benzene rings is 2. The molecule has 1 N–H and O–H groups in total. The van der Waals surface area contributed by atoms with Crippen LogP contribution in [0.1, 0.15) is 12.0 Å².